The van der Waals surface area contributed by atoms with Gasteiger partial charge in [0.1, 0.15) is 5.75 Å². The van der Waals surface area contributed by atoms with Gasteiger partial charge in [-0.15, -0.1) is 0 Å². The van der Waals surface area contributed by atoms with Crippen molar-refractivity contribution in [3.8, 4) is 5.75 Å². The Morgan fingerprint density at radius 3 is 2.94 bits per heavy atom. The predicted molar refractivity (Wildman–Crippen MR) is 71.6 cm³/mol. The maximum Gasteiger partial charge on any atom is 0.120 e. The van der Waals surface area contributed by atoms with E-state index in [4.69, 9.17) is 4.74 Å². The molecule has 0 aromatic heterocycles. The van der Waals surface area contributed by atoms with Crippen molar-refractivity contribution in [2.24, 2.45) is 0 Å². The number of rotatable bonds is 4. The number of hydrogen-bond donors (Lipinski definition) is 1. The Labute approximate surface area is 104 Å². The first-order chi connectivity index (χ1) is 8.20. The molecule has 0 spiro atoms. The lowest BCUT2D eigenvalue weighted by Crippen LogP contribution is -2.25. The largest absolute Gasteiger partial charge is 0.491 e. The number of benzene rings is 1. The van der Waals surface area contributed by atoms with Gasteiger partial charge >= 0.3 is 0 Å². The molecule has 2 heteroatoms. The van der Waals surface area contributed by atoms with E-state index in [1.165, 1.54) is 30.4 Å². The smallest absolute Gasteiger partial charge is 0.120 e. The first-order valence-corrected chi connectivity index (χ1v) is 6.73. The zero-order valence-corrected chi connectivity index (χ0v) is 11.1. The highest BCUT2D eigenvalue weighted by Crippen LogP contribution is 2.32. The average molecular weight is 233 g/mol. The quantitative estimate of drug-likeness (QED) is 0.860. The summed E-state index contributed by atoms with van der Waals surface area (Å²) in [5, 5.41) is 3.57. The molecule has 2 rings (SSSR count). The molecular formula is C15H23NO. The second-order valence-corrected chi connectivity index (χ2v) is 5.03. The van der Waals surface area contributed by atoms with Crippen LogP contribution in [-0.4, -0.2) is 12.6 Å². The molecule has 2 nitrogen and oxygen atoms in total. The normalized spacial score (nSPS) is 19.2. The van der Waals surface area contributed by atoms with Crippen molar-refractivity contribution in [3.63, 3.8) is 0 Å². The van der Waals surface area contributed by atoms with Crippen molar-refractivity contribution in [1.82, 2.24) is 5.32 Å². The molecule has 0 saturated heterocycles. The highest BCUT2D eigenvalue weighted by molar-refractivity contribution is 5.39. The molecule has 1 aliphatic rings. The fourth-order valence-corrected chi connectivity index (χ4v) is 2.58. The van der Waals surface area contributed by atoms with Crippen molar-refractivity contribution in [1.29, 1.82) is 0 Å². The molecule has 1 N–H and O–H groups in total. The van der Waals surface area contributed by atoms with Gasteiger partial charge in [0, 0.05) is 6.04 Å². The van der Waals surface area contributed by atoms with Crippen LogP contribution in [-0.2, 0) is 6.42 Å². The van der Waals surface area contributed by atoms with Gasteiger partial charge in [-0.1, -0.05) is 13.0 Å². The van der Waals surface area contributed by atoms with E-state index in [0.29, 0.717) is 6.04 Å². The number of nitrogens with one attached hydrogen (secondary N) is 1. The van der Waals surface area contributed by atoms with Crippen LogP contribution in [0.25, 0.3) is 0 Å². The lowest BCUT2D eigenvalue weighted by atomic mass is 9.87. The lowest BCUT2D eigenvalue weighted by Gasteiger charge is -2.27. The zero-order chi connectivity index (χ0) is 12.3. The number of aryl methyl sites for hydroxylation is 1. The number of ether oxygens (including phenoxy) is 1. The van der Waals surface area contributed by atoms with Crippen molar-refractivity contribution >= 4 is 0 Å². The predicted octanol–water partition coefficient (Wildman–Crippen LogP) is 3.46. The van der Waals surface area contributed by atoms with Crippen LogP contribution in [0.3, 0.4) is 0 Å². The maximum absolute atomic E-state index is 5.78. The molecule has 0 aliphatic heterocycles. The topological polar surface area (TPSA) is 21.3 Å². The first-order valence-electron chi connectivity index (χ1n) is 6.73. The summed E-state index contributed by atoms with van der Waals surface area (Å²) in [4.78, 5) is 0. The summed E-state index contributed by atoms with van der Waals surface area (Å²) in [5.41, 5.74) is 2.93. The molecular weight excluding hydrogens is 210 g/mol. The monoisotopic (exact) mass is 233 g/mol. The fourth-order valence-electron chi connectivity index (χ4n) is 2.58. The van der Waals surface area contributed by atoms with Crippen LogP contribution in [0, 0.1) is 0 Å². The van der Waals surface area contributed by atoms with E-state index in [-0.39, 0.29) is 6.10 Å². The van der Waals surface area contributed by atoms with Gasteiger partial charge in [-0.25, -0.2) is 0 Å². The summed E-state index contributed by atoms with van der Waals surface area (Å²) in [5.74, 6) is 1.00. The van der Waals surface area contributed by atoms with Crippen LogP contribution >= 0.6 is 0 Å². The van der Waals surface area contributed by atoms with E-state index >= 15 is 0 Å². The third-order valence-electron chi connectivity index (χ3n) is 3.25. The fraction of sp³-hybridized carbons (Fsp3) is 0.600. The molecule has 17 heavy (non-hydrogen) atoms. The highest BCUT2D eigenvalue weighted by Gasteiger charge is 2.19. The van der Waals surface area contributed by atoms with Crippen LogP contribution in [0.5, 0.6) is 5.75 Å². The van der Waals surface area contributed by atoms with E-state index in [0.717, 1.165) is 12.3 Å². The summed E-state index contributed by atoms with van der Waals surface area (Å²) in [6, 6.07) is 7.07. The van der Waals surface area contributed by atoms with Gasteiger partial charge in [-0.3, -0.25) is 0 Å². The Kier molecular flexibility index (Phi) is 4.06. The van der Waals surface area contributed by atoms with E-state index in [9.17, 15) is 0 Å². The van der Waals surface area contributed by atoms with Crippen molar-refractivity contribution in [3.05, 3.63) is 29.3 Å². The van der Waals surface area contributed by atoms with Crippen LogP contribution in [0.1, 0.15) is 50.8 Å². The minimum absolute atomic E-state index is 0.245. The summed E-state index contributed by atoms with van der Waals surface area (Å²) < 4.78 is 5.78. The summed E-state index contributed by atoms with van der Waals surface area (Å²) in [6.45, 7) is 7.34. The van der Waals surface area contributed by atoms with Gasteiger partial charge in [0.05, 0.1) is 6.10 Å². The van der Waals surface area contributed by atoms with E-state index in [2.05, 4.69) is 44.3 Å². The molecule has 1 atom stereocenters. The Bertz CT molecular complexity index is 373. The minimum Gasteiger partial charge on any atom is -0.491 e. The zero-order valence-electron chi connectivity index (χ0n) is 11.1. The second kappa shape index (κ2) is 5.54. The Hall–Kier alpha value is -1.02. The van der Waals surface area contributed by atoms with Crippen LogP contribution in [0.4, 0.5) is 0 Å². The summed E-state index contributed by atoms with van der Waals surface area (Å²) >= 11 is 0. The van der Waals surface area contributed by atoms with E-state index in [1.54, 1.807) is 0 Å². The minimum atomic E-state index is 0.245. The molecule has 0 radical (unpaired) electrons. The molecule has 0 heterocycles. The van der Waals surface area contributed by atoms with Crippen molar-refractivity contribution < 1.29 is 4.74 Å². The van der Waals surface area contributed by atoms with E-state index < -0.39 is 0 Å². The molecule has 1 unspecified atom stereocenters. The third-order valence-corrected chi connectivity index (χ3v) is 3.25. The summed E-state index contributed by atoms with van der Waals surface area (Å²) in [7, 11) is 0. The number of fused-ring (bicyclic) bond motifs is 1. The van der Waals surface area contributed by atoms with Gasteiger partial charge in [0.2, 0.25) is 0 Å². The van der Waals surface area contributed by atoms with Crippen LogP contribution in [0.2, 0.25) is 0 Å². The van der Waals surface area contributed by atoms with Gasteiger partial charge in [-0.05, 0) is 62.9 Å². The van der Waals surface area contributed by atoms with E-state index in [1.807, 2.05) is 0 Å². The Balaban J connectivity index is 2.24. The molecule has 1 aromatic rings. The molecule has 0 bridgehead atoms. The highest BCUT2D eigenvalue weighted by atomic mass is 16.5. The van der Waals surface area contributed by atoms with Gasteiger partial charge in [0.15, 0.2) is 0 Å². The molecule has 94 valence electrons. The standard InChI is InChI=1S/C15H23NO/c1-4-16-15-7-5-6-12-8-9-13(10-14(12)15)17-11(2)3/h8-11,15-16H,4-7H2,1-3H3. The molecule has 1 aromatic carbocycles. The Morgan fingerprint density at radius 1 is 1.41 bits per heavy atom. The van der Waals surface area contributed by atoms with Crippen LogP contribution in [0.15, 0.2) is 18.2 Å². The van der Waals surface area contributed by atoms with Crippen LogP contribution < -0.4 is 10.1 Å². The molecule has 0 amide bonds. The van der Waals surface area contributed by atoms with Gasteiger partial charge in [-0.2, -0.15) is 0 Å². The second-order valence-electron chi connectivity index (χ2n) is 5.03. The van der Waals surface area contributed by atoms with Gasteiger partial charge < -0.3 is 10.1 Å². The third kappa shape index (κ3) is 3.01. The number of hydrogen-bond acceptors (Lipinski definition) is 2. The molecule has 0 saturated carbocycles. The first kappa shape index (κ1) is 12.4. The molecule has 0 fully saturated rings. The Morgan fingerprint density at radius 2 is 2.24 bits per heavy atom. The molecule has 1 aliphatic carbocycles. The average Bonchev–Trinajstić information content (AvgIpc) is 2.29. The van der Waals surface area contributed by atoms with Gasteiger partial charge in [0.25, 0.3) is 0 Å². The van der Waals surface area contributed by atoms with Crippen molar-refractivity contribution in [2.75, 3.05) is 6.54 Å². The summed E-state index contributed by atoms with van der Waals surface area (Å²) in [6.07, 6.45) is 3.98. The maximum atomic E-state index is 5.78. The SMILES string of the molecule is CCNC1CCCc2ccc(OC(C)C)cc21. The van der Waals surface area contributed by atoms with Crippen molar-refractivity contribution in [2.45, 2.75) is 52.2 Å². The lowest BCUT2D eigenvalue weighted by molar-refractivity contribution is 0.241.